The second kappa shape index (κ2) is 3.18. The molecule has 0 unspecified atom stereocenters. The SMILES string of the molecule is C=CC(=O)N1[C@@H]2C[C@@H]3CC[C@@]2(CS1(=O)=O)C3(C)C. The van der Waals surface area contributed by atoms with Crippen LogP contribution in [0.4, 0.5) is 0 Å². The fourth-order valence-corrected chi connectivity index (χ4v) is 7.19. The molecule has 1 spiro atoms. The van der Waals surface area contributed by atoms with E-state index in [9.17, 15) is 13.2 Å². The Hall–Kier alpha value is -0.840. The molecule has 3 fully saturated rings. The van der Waals surface area contributed by atoms with Crippen molar-refractivity contribution in [2.45, 2.75) is 39.2 Å². The molecule has 4 nitrogen and oxygen atoms in total. The van der Waals surface area contributed by atoms with Gasteiger partial charge in [0.25, 0.3) is 5.91 Å². The molecule has 100 valence electrons. The molecule has 3 rings (SSSR count). The monoisotopic (exact) mass is 269 g/mol. The molecule has 3 atom stereocenters. The van der Waals surface area contributed by atoms with Crippen LogP contribution in [-0.4, -0.2) is 30.4 Å². The number of carbonyl (C=O) groups is 1. The summed E-state index contributed by atoms with van der Waals surface area (Å²) in [4.78, 5) is 11.9. The van der Waals surface area contributed by atoms with Crippen LogP contribution in [0.2, 0.25) is 0 Å². The molecule has 2 aliphatic carbocycles. The molecule has 1 amide bonds. The second-order valence-corrected chi connectivity index (χ2v) is 8.31. The Morgan fingerprint density at radius 1 is 1.44 bits per heavy atom. The number of nitrogens with zero attached hydrogens (tertiary/aromatic N) is 1. The van der Waals surface area contributed by atoms with Gasteiger partial charge >= 0.3 is 0 Å². The Balaban J connectivity index is 2.14. The maximum Gasteiger partial charge on any atom is 0.259 e. The van der Waals surface area contributed by atoms with Crippen LogP contribution in [0.1, 0.15) is 33.1 Å². The number of hydrogen-bond donors (Lipinski definition) is 0. The van der Waals surface area contributed by atoms with E-state index < -0.39 is 15.9 Å². The van der Waals surface area contributed by atoms with E-state index in [4.69, 9.17) is 0 Å². The lowest BCUT2D eigenvalue weighted by Gasteiger charge is -2.36. The number of rotatable bonds is 1. The number of amides is 1. The van der Waals surface area contributed by atoms with E-state index in [2.05, 4.69) is 20.4 Å². The highest BCUT2D eigenvalue weighted by atomic mass is 32.2. The quantitative estimate of drug-likeness (QED) is 0.678. The zero-order chi connectivity index (χ0) is 13.3. The van der Waals surface area contributed by atoms with E-state index in [1.807, 2.05) is 0 Å². The van der Waals surface area contributed by atoms with Gasteiger partial charge in [0.1, 0.15) is 0 Å². The van der Waals surface area contributed by atoms with Crippen LogP contribution < -0.4 is 0 Å². The Labute approximate surface area is 108 Å². The van der Waals surface area contributed by atoms with Crippen molar-refractivity contribution >= 4 is 15.9 Å². The van der Waals surface area contributed by atoms with Gasteiger partial charge in [-0.15, -0.1) is 0 Å². The summed E-state index contributed by atoms with van der Waals surface area (Å²) in [5.41, 5.74) is -0.212. The number of hydrogen-bond acceptors (Lipinski definition) is 3. The molecule has 0 aromatic rings. The molecule has 18 heavy (non-hydrogen) atoms. The Bertz CT molecular complexity index is 536. The summed E-state index contributed by atoms with van der Waals surface area (Å²) < 4.78 is 25.7. The first-order valence-electron chi connectivity index (χ1n) is 6.45. The molecule has 5 heteroatoms. The van der Waals surface area contributed by atoms with Crippen molar-refractivity contribution in [2.24, 2.45) is 16.7 Å². The topological polar surface area (TPSA) is 54.5 Å². The van der Waals surface area contributed by atoms with Gasteiger partial charge in [-0.2, -0.15) is 0 Å². The fourth-order valence-electron chi connectivity index (χ4n) is 4.67. The van der Waals surface area contributed by atoms with Crippen molar-refractivity contribution in [3.63, 3.8) is 0 Å². The lowest BCUT2D eigenvalue weighted by Crippen LogP contribution is -2.43. The third kappa shape index (κ3) is 1.12. The molecule has 2 saturated carbocycles. The molecule has 0 radical (unpaired) electrons. The maximum atomic E-state index is 12.3. The minimum absolute atomic E-state index is 0.0148. The second-order valence-electron chi connectivity index (χ2n) is 6.46. The van der Waals surface area contributed by atoms with E-state index in [1.54, 1.807) is 0 Å². The van der Waals surface area contributed by atoms with Gasteiger partial charge < -0.3 is 0 Å². The van der Waals surface area contributed by atoms with Crippen LogP contribution in [0.5, 0.6) is 0 Å². The average molecular weight is 269 g/mol. The summed E-state index contributed by atoms with van der Waals surface area (Å²) in [7, 11) is -3.46. The zero-order valence-electron chi connectivity index (χ0n) is 10.8. The van der Waals surface area contributed by atoms with Crippen LogP contribution in [0.3, 0.4) is 0 Å². The highest BCUT2D eigenvalue weighted by Gasteiger charge is 2.72. The van der Waals surface area contributed by atoms with Gasteiger partial charge in [0.05, 0.1) is 11.8 Å². The summed E-state index contributed by atoms with van der Waals surface area (Å²) in [5, 5.41) is 0. The van der Waals surface area contributed by atoms with Gasteiger partial charge in [-0.3, -0.25) is 4.79 Å². The fraction of sp³-hybridized carbons (Fsp3) is 0.769. The van der Waals surface area contributed by atoms with Gasteiger partial charge in [-0.05, 0) is 36.7 Å². The largest absolute Gasteiger partial charge is 0.269 e. The molecule has 3 aliphatic rings. The van der Waals surface area contributed by atoms with Gasteiger partial charge in [0, 0.05) is 5.41 Å². The smallest absolute Gasteiger partial charge is 0.259 e. The van der Waals surface area contributed by atoms with Gasteiger partial charge in [-0.25, -0.2) is 12.7 Å². The van der Waals surface area contributed by atoms with Crippen LogP contribution in [0, 0.1) is 16.7 Å². The molecule has 2 bridgehead atoms. The maximum absolute atomic E-state index is 12.3. The number of carbonyl (C=O) groups excluding carboxylic acids is 1. The van der Waals surface area contributed by atoms with E-state index in [1.165, 1.54) is 0 Å². The van der Waals surface area contributed by atoms with Crippen molar-refractivity contribution in [1.29, 1.82) is 0 Å². The van der Waals surface area contributed by atoms with E-state index in [0.717, 1.165) is 29.6 Å². The van der Waals surface area contributed by atoms with Crippen LogP contribution >= 0.6 is 0 Å². The summed E-state index contributed by atoms with van der Waals surface area (Å²) in [6.07, 6.45) is 3.96. The molecular formula is C13H19NO3S. The van der Waals surface area contributed by atoms with E-state index >= 15 is 0 Å². The third-order valence-electron chi connectivity index (χ3n) is 5.80. The highest BCUT2D eigenvalue weighted by Crippen LogP contribution is 2.69. The highest BCUT2D eigenvalue weighted by molar-refractivity contribution is 7.90. The molecule has 0 N–H and O–H groups in total. The predicted molar refractivity (Wildman–Crippen MR) is 68.2 cm³/mol. The van der Waals surface area contributed by atoms with Gasteiger partial charge in [0.2, 0.25) is 10.0 Å². The molecule has 0 aromatic carbocycles. The number of fused-ring (bicyclic) bond motifs is 1. The van der Waals surface area contributed by atoms with Gasteiger partial charge in [-0.1, -0.05) is 20.4 Å². The third-order valence-corrected chi connectivity index (χ3v) is 7.72. The van der Waals surface area contributed by atoms with Crippen molar-refractivity contribution in [3.05, 3.63) is 12.7 Å². The lowest BCUT2D eigenvalue weighted by atomic mass is 9.69. The summed E-state index contributed by atoms with van der Waals surface area (Å²) in [6.45, 7) is 7.76. The normalized spacial score (nSPS) is 42.9. The summed E-state index contributed by atoms with van der Waals surface area (Å²) >= 11 is 0. The van der Waals surface area contributed by atoms with Crippen LogP contribution in [-0.2, 0) is 14.8 Å². The van der Waals surface area contributed by atoms with E-state index in [0.29, 0.717) is 5.92 Å². The van der Waals surface area contributed by atoms with E-state index in [-0.39, 0.29) is 22.6 Å². The first-order valence-corrected chi connectivity index (χ1v) is 8.06. The molecule has 1 aliphatic heterocycles. The summed E-state index contributed by atoms with van der Waals surface area (Å²) in [6, 6.07) is -0.137. The first-order chi connectivity index (χ1) is 8.26. The predicted octanol–water partition coefficient (Wildman–Crippen LogP) is 1.54. The zero-order valence-corrected chi connectivity index (χ0v) is 11.7. The van der Waals surface area contributed by atoms with Gasteiger partial charge in [0.15, 0.2) is 0 Å². The van der Waals surface area contributed by atoms with Crippen molar-refractivity contribution in [1.82, 2.24) is 4.31 Å². The van der Waals surface area contributed by atoms with Crippen LogP contribution in [0.15, 0.2) is 12.7 Å². The van der Waals surface area contributed by atoms with Crippen molar-refractivity contribution in [3.8, 4) is 0 Å². The van der Waals surface area contributed by atoms with Crippen LogP contribution in [0.25, 0.3) is 0 Å². The number of sulfonamides is 1. The molecular weight excluding hydrogens is 250 g/mol. The molecule has 1 heterocycles. The Morgan fingerprint density at radius 3 is 2.67 bits per heavy atom. The first kappa shape index (κ1) is 12.2. The van der Waals surface area contributed by atoms with Crippen molar-refractivity contribution < 1.29 is 13.2 Å². The molecule has 1 saturated heterocycles. The minimum atomic E-state index is -3.46. The minimum Gasteiger partial charge on any atom is -0.269 e. The summed E-state index contributed by atoms with van der Waals surface area (Å²) in [5.74, 6) is 0.214. The van der Waals surface area contributed by atoms with Crippen molar-refractivity contribution in [2.75, 3.05) is 5.75 Å². The Morgan fingerprint density at radius 2 is 2.11 bits per heavy atom. The lowest BCUT2D eigenvalue weighted by molar-refractivity contribution is -0.124. The average Bonchev–Trinajstić information content (AvgIpc) is 2.74. The molecule has 0 aromatic heterocycles. The Kier molecular flexibility index (Phi) is 2.16. The standard InChI is InChI=1S/C13H19NO3S/c1-4-11(15)14-10-7-9-5-6-13(10,12(9,2)3)8-18(14,16)17/h4,9-10H,1,5-8H2,2-3H3/t9-,10+,13-/m0/s1.